The van der Waals surface area contributed by atoms with Crippen molar-refractivity contribution in [2.24, 2.45) is 32.4 Å². The Labute approximate surface area is 396 Å². The number of hydrogen-bond acceptors (Lipinski definition) is 10. The molecule has 0 aliphatic carbocycles. The third-order valence-corrected chi connectivity index (χ3v) is 10.9. The van der Waals surface area contributed by atoms with E-state index in [-0.39, 0.29) is 40.9 Å². The van der Waals surface area contributed by atoms with Crippen molar-refractivity contribution < 1.29 is 23.6 Å². The second-order valence-corrected chi connectivity index (χ2v) is 17.7. The predicted molar refractivity (Wildman–Crippen MR) is 268 cm³/mol. The highest BCUT2D eigenvalue weighted by Gasteiger charge is 2.16. The molecule has 66 heavy (non-hydrogen) atoms. The zero-order valence-corrected chi connectivity index (χ0v) is 39.9. The highest BCUT2D eigenvalue weighted by Crippen LogP contribution is 2.28. The van der Waals surface area contributed by atoms with Gasteiger partial charge >= 0.3 is 0 Å². The van der Waals surface area contributed by atoms with E-state index in [1.807, 2.05) is 67.6 Å². The first-order valence-electron chi connectivity index (χ1n) is 21.1. The lowest BCUT2D eigenvalue weighted by molar-refractivity contribution is 0.0992. The minimum Gasteiger partial charge on any atom is -0.302 e. The number of rotatable bonds is 0. The van der Waals surface area contributed by atoms with Crippen LogP contribution in [0.4, 0.5) is 27.1 Å². The van der Waals surface area contributed by atoms with Crippen LogP contribution < -0.4 is 5.56 Å². The average molecular weight is 972 g/mol. The second kappa shape index (κ2) is 23.5. The minimum absolute atomic E-state index is 0.00806. The van der Waals surface area contributed by atoms with Crippen LogP contribution in [-0.2, 0) is 7.05 Å². The maximum Gasteiger partial charge on any atom is 0.260 e. The maximum absolute atomic E-state index is 12.7. The molecule has 0 spiro atoms. The van der Waals surface area contributed by atoms with Crippen LogP contribution in [0.25, 0.3) is 10.9 Å². The van der Waals surface area contributed by atoms with Crippen molar-refractivity contribution in [3.05, 3.63) is 157 Å². The molecule has 0 saturated heterocycles. The Balaban J connectivity index is 0.000000150. The fraction of sp³-hybridized carbons (Fsp3) is 0.231. The van der Waals surface area contributed by atoms with Gasteiger partial charge in [0.15, 0.2) is 23.1 Å². The van der Waals surface area contributed by atoms with Crippen LogP contribution in [0, 0.1) is 18.2 Å². The number of nitrogens with zero attached hydrogens (tertiary/aromatic N) is 6. The Bertz CT molecular complexity index is 2790. The molecule has 1 aromatic heterocycles. The molecule has 4 aliphatic heterocycles. The Morgan fingerprint density at radius 3 is 1.64 bits per heavy atom. The predicted octanol–water partition coefficient (Wildman–Crippen LogP) is 13.1. The number of aliphatic imine (C=N–C) groups is 4. The number of carbonyl (C=O) groups excluding carboxylic acids is 4. The Morgan fingerprint density at radius 1 is 0.621 bits per heavy atom. The van der Waals surface area contributed by atoms with Gasteiger partial charge in [0.05, 0.1) is 40.0 Å². The van der Waals surface area contributed by atoms with Crippen LogP contribution in [0.15, 0.2) is 133 Å². The van der Waals surface area contributed by atoms with E-state index < -0.39 is 0 Å². The number of benzene rings is 5. The number of halogens is 3. The van der Waals surface area contributed by atoms with Crippen molar-refractivity contribution >= 4 is 109 Å². The van der Waals surface area contributed by atoms with Crippen LogP contribution in [0.3, 0.4) is 0 Å². The first-order valence-corrected chi connectivity index (χ1v) is 22.2. The van der Waals surface area contributed by atoms with E-state index in [0.717, 1.165) is 38.2 Å². The Hall–Kier alpha value is -6.70. The molecule has 14 heteroatoms. The zero-order valence-electron chi connectivity index (χ0n) is 37.5. The Morgan fingerprint density at radius 2 is 1.09 bits per heavy atom. The van der Waals surface area contributed by atoms with Gasteiger partial charge < -0.3 is 4.57 Å². The summed E-state index contributed by atoms with van der Waals surface area (Å²) in [6.45, 7) is 10.9. The summed E-state index contributed by atoms with van der Waals surface area (Å²) in [5.41, 5.74) is 7.71. The third-order valence-electron chi connectivity index (χ3n) is 10.1. The number of fused-ring (bicyclic) bond motifs is 5. The van der Waals surface area contributed by atoms with Gasteiger partial charge in [0.2, 0.25) is 0 Å². The molecule has 11 nitrogen and oxygen atoms in total. The first kappa shape index (κ1) is 50.3. The van der Waals surface area contributed by atoms with Crippen molar-refractivity contribution in [1.82, 2.24) is 9.55 Å². The third kappa shape index (κ3) is 14.4. The van der Waals surface area contributed by atoms with Crippen LogP contribution in [0.1, 0.15) is 107 Å². The van der Waals surface area contributed by atoms with Gasteiger partial charge in [-0.05, 0) is 91.2 Å². The molecule has 6 aromatic rings. The summed E-state index contributed by atoms with van der Waals surface area (Å²) in [4.78, 5) is 77.0. The molecular formula is C52H49BrClFN6O5. The summed E-state index contributed by atoms with van der Waals surface area (Å²) < 4.78 is 15.1. The lowest BCUT2D eigenvalue weighted by Crippen LogP contribution is -2.16. The lowest BCUT2D eigenvalue weighted by atomic mass is 9.94. The summed E-state index contributed by atoms with van der Waals surface area (Å²) >= 11 is 9.05. The molecule has 0 fully saturated rings. The normalized spacial score (nSPS) is 13.6. The molecule has 0 atom stereocenters. The van der Waals surface area contributed by atoms with Crippen molar-refractivity contribution in [3.63, 3.8) is 0 Å². The largest absolute Gasteiger partial charge is 0.302 e. The minimum atomic E-state index is -0.390. The monoisotopic (exact) mass is 970 g/mol. The molecule has 5 aromatic carbocycles. The average Bonchev–Trinajstić information content (AvgIpc) is 3.30. The molecule has 0 unspecified atom stereocenters. The molecule has 0 saturated carbocycles. The van der Waals surface area contributed by atoms with Gasteiger partial charge in [-0.25, -0.2) is 9.37 Å². The zero-order chi connectivity index (χ0) is 48.0. The Kier molecular flexibility index (Phi) is 17.9. The molecule has 338 valence electrons. The number of Topliss-reactive ketones (excluding diaryl/α,β-unsaturated/α-hetero) is 4. The standard InChI is InChI=1S/C10H10N2O.C9H6BrNO.C9H6ClNO.C9H6FNO.C9H7NO.C6H14/c1-7-3-4-9-8(5-7)10(13)12(2)6-11-9;3*10-6-1-2-8-7(5-6)9(12)3-4-11-8;11-9-5-6-10-8-4-2-1-3-7(8)9;1-5-6(2,3)4/h3-6H,1-2H3;3*1-2,4-5H,3H2;1-4,6H,5H2;5H2,1-4H3. The molecule has 0 amide bonds. The van der Waals surface area contributed by atoms with Gasteiger partial charge in [-0.2, -0.15) is 0 Å². The molecule has 0 bridgehead atoms. The van der Waals surface area contributed by atoms with E-state index in [0.29, 0.717) is 57.5 Å². The highest BCUT2D eigenvalue weighted by atomic mass is 79.9. The van der Waals surface area contributed by atoms with Crippen molar-refractivity contribution in [2.45, 2.75) is 66.7 Å². The summed E-state index contributed by atoms with van der Waals surface area (Å²) in [7, 11) is 1.71. The number of aryl methyl sites for hydroxylation is 2. The molecule has 10 rings (SSSR count). The fourth-order valence-electron chi connectivity index (χ4n) is 6.03. The van der Waals surface area contributed by atoms with E-state index in [1.165, 1.54) is 29.2 Å². The van der Waals surface area contributed by atoms with Crippen LogP contribution >= 0.6 is 27.5 Å². The number of carbonyl (C=O) groups is 4. The maximum atomic E-state index is 12.7. The van der Waals surface area contributed by atoms with Gasteiger partial charge in [0.25, 0.3) is 5.56 Å². The SMILES string of the molecule is CCC(C)(C)C.Cc1ccc2ncn(C)c(=O)c2c1.O=C1CC=Nc2ccc(Br)cc21.O=C1CC=Nc2ccc(Cl)cc21.O=C1CC=Nc2ccc(F)cc21.O=C1CC=Nc2ccccc21. The fourth-order valence-corrected chi connectivity index (χ4v) is 6.56. The number of hydrogen-bond donors (Lipinski definition) is 0. The second-order valence-electron chi connectivity index (χ2n) is 16.4. The van der Waals surface area contributed by atoms with E-state index in [1.54, 1.807) is 56.4 Å². The van der Waals surface area contributed by atoms with Gasteiger partial charge in [-0.1, -0.05) is 85.4 Å². The highest BCUT2D eigenvalue weighted by molar-refractivity contribution is 9.10. The number of ketones is 4. The van der Waals surface area contributed by atoms with E-state index in [2.05, 4.69) is 68.6 Å². The van der Waals surface area contributed by atoms with Crippen LogP contribution in [-0.4, -0.2) is 57.5 Å². The van der Waals surface area contributed by atoms with Gasteiger partial charge in [0, 0.05) is 89.3 Å². The van der Waals surface area contributed by atoms with Crippen LogP contribution in [0.2, 0.25) is 5.02 Å². The van der Waals surface area contributed by atoms with Crippen molar-refractivity contribution in [2.75, 3.05) is 0 Å². The molecule has 0 radical (unpaired) electrons. The molecule has 0 N–H and O–H groups in total. The van der Waals surface area contributed by atoms with Crippen LogP contribution in [0.5, 0.6) is 0 Å². The van der Waals surface area contributed by atoms with Crippen molar-refractivity contribution in [1.29, 1.82) is 0 Å². The smallest absolute Gasteiger partial charge is 0.260 e. The quantitative estimate of drug-likeness (QED) is 0.148. The summed E-state index contributed by atoms with van der Waals surface area (Å²) in [6.07, 6.45) is 10.8. The molecule has 4 aliphatic rings. The molecule has 5 heterocycles. The molecular weight excluding hydrogens is 923 g/mol. The van der Waals surface area contributed by atoms with Crippen molar-refractivity contribution in [3.8, 4) is 0 Å². The summed E-state index contributed by atoms with van der Waals surface area (Å²) in [5, 5.41) is 1.27. The van der Waals surface area contributed by atoms with Gasteiger partial charge in [-0.15, -0.1) is 0 Å². The van der Waals surface area contributed by atoms with E-state index >= 15 is 0 Å². The summed E-state index contributed by atoms with van der Waals surface area (Å²) in [6, 6.07) is 27.8. The first-order chi connectivity index (χ1) is 31.4. The van der Waals surface area contributed by atoms with E-state index in [4.69, 9.17) is 11.6 Å². The van der Waals surface area contributed by atoms with Gasteiger partial charge in [0.1, 0.15) is 5.82 Å². The van der Waals surface area contributed by atoms with Gasteiger partial charge in [-0.3, -0.25) is 43.9 Å². The number of aromatic nitrogens is 2. The van der Waals surface area contributed by atoms with E-state index in [9.17, 15) is 28.4 Å². The number of para-hydroxylation sites is 1. The summed E-state index contributed by atoms with van der Waals surface area (Å²) in [5.74, 6) is -0.0712. The topological polar surface area (TPSA) is 153 Å². The lowest BCUT2D eigenvalue weighted by Gasteiger charge is -2.12.